The predicted molar refractivity (Wildman–Crippen MR) is 26.0 cm³/mol. The van der Waals surface area contributed by atoms with Crippen LogP contribution in [0.5, 0.6) is 0 Å². The maximum Gasteiger partial charge on any atom is 1.00 e. The maximum absolute atomic E-state index is 9.88. The van der Waals surface area contributed by atoms with E-state index in [2.05, 4.69) is 26.8 Å². The Morgan fingerprint density at radius 2 is 2.40 bits per heavy atom. The number of carboxylic acids is 1. The molecule has 1 aromatic rings. The molecule has 1 rings (SSSR count). The summed E-state index contributed by atoms with van der Waals surface area (Å²) in [4.78, 5) is 9.81. The van der Waals surface area contributed by atoms with Gasteiger partial charge >= 0.3 is 51.4 Å². The van der Waals surface area contributed by atoms with Crippen molar-refractivity contribution in [1.29, 1.82) is 0 Å². The Morgan fingerprint density at radius 1 is 1.80 bits per heavy atom. The van der Waals surface area contributed by atoms with Gasteiger partial charge in [-0.05, 0) is 12.2 Å². The number of aromatic carboxylic acids is 1. The third-order valence-corrected chi connectivity index (χ3v) is 0.787. The Balaban J connectivity index is 0.000000810. The minimum atomic E-state index is -1.48. The number of hydrogen-bond donors (Lipinski definition) is 1. The largest absolute Gasteiger partial charge is 1.00 e. The van der Waals surface area contributed by atoms with Crippen molar-refractivity contribution in [3.05, 3.63) is 10.7 Å². The Kier molecular flexibility index (Phi) is 4.57. The number of carboxylic acid groups (broad SMARTS) is 1. The number of H-pyrrole nitrogens is 1. The number of carbonyl (C=O) groups is 1. The van der Waals surface area contributed by atoms with Gasteiger partial charge in [0, 0.05) is 0 Å². The molecule has 0 atom stereocenters. The molecule has 0 aliphatic heterocycles. The number of nitrogens with one attached hydrogen (secondary N) is 1. The zero-order valence-corrected chi connectivity index (χ0v) is 9.02. The standard InChI is InChI=1S/C3H2N2O3S.K/c6-2(7)1-4-5-3(9)8-1;/h(H,5,9)(H,6,7);/q;+1/p-1. The van der Waals surface area contributed by atoms with E-state index in [0.717, 1.165) is 0 Å². The van der Waals surface area contributed by atoms with Crippen LogP contribution in [0.3, 0.4) is 0 Å². The predicted octanol–water partition coefficient (Wildman–Crippen LogP) is -3.90. The van der Waals surface area contributed by atoms with E-state index in [4.69, 9.17) is 0 Å². The van der Waals surface area contributed by atoms with Crippen molar-refractivity contribution < 1.29 is 65.7 Å². The fraction of sp³-hybridized carbons (Fsp3) is 0. The van der Waals surface area contributed by atoms with Crippen LogP contribution in [0.2, 0.25) is 0 Å². The van der Waals surface area contributed by atoms with Crippen molar-refractivity contribution in [3.8, 4) is 0 Å². The van der Waals surface area contributed by atoms with Crippen LogP contribution in [0.15, 0.2) is 4.42 Å². The van der Waals surface area contributed by atoms with Gasteiger partial charge in [0.2, 0.25) is 0 Å². The molecule has 0 saturated carbocycles. The van der Waals surface area contributed by atoms with Gasteiger partial charge in [0.05, 0.1) is 0 Å². The van der Waals surface area contributed by atoms with Gasteiger partial charge in [-0.3, -0.25) is 0 Å². The van der Waals surface area contributed by atoms with E-state index in [1.54, 1.807) is 0 Å². The van der Waals surface area contributed by atoms with Crippen LogP contribution in [0, 0.1) is 4.84 Å². The summed E-state index contributed by atoms with van der Waals surface area (Å²) in [5, 5.41) is 15.2. The molecule has 10 heavy (non-hydrogen) atoms. The third kappa shape index (κ3) is 2.60. The Bertz CT molecular complexity index is 279. The number of rotatable bonds is 1. The topological polar surface area (TPSA) is 82.0 Å². The Hall–Kier alpha value is 0.466. The second-order valence-corrected chi connectivity index (χ2v) is 1.58. The summed E-state index contributed by atoms with van der Waals surface area (Å²) >= 11 is 4.38. The molecule has 5 nitrogen and oxygen atoms in total. The van der Waals surface area contributed by atoms with E-state index >= 15 is 0 Å². The quantitative estimate of drug-likeness (QED) is 0.356. The summed E-state index contributed by atoms with van der Waals surface area (Å²) in [5.41, 5.74) is 0. The fourth-order valence-corrected chi connectivity index (χ4v) is 0.442. The molecule has 1 heterocycles. The maximum atomic E-state index is 9.88. The van der Waals surface area contributed by atoms with Gasteiger partial charge in [0.15, 0.2) is 0 Å². The second kappa shape index (κ2) is 4.37. The smallest absolute Gasteiger partial charge is 0.540 e. The minimum Gasteiger partial charge on any atom is -0.540 e. The summed E-state index contributed by atoms with van der Waals surface area (Å²) in [6.45, 7) is 0. The molecule has 0 spiro atoms. The van der Waals surface area contributed by atoms with Crippen molar-refractivity contribution in [3.63, 3.8) is 0 Å². The van der Waals surface area contributed by atoms with Crippen LogP contribution in [0.25, 0.3) is 0 Å². The molecule has 0 aliphatic carbocycles. The SMILES string of the molecule is O=C([O-])c1n[nH]c(=S)o1.[K+]. The average Bonchev–Trinajstić information content (AvgIpc) is 2.14. The Morgan fingerprint density at radius 3 is 2.60 bits per heavy atom. The second-order valence-electron chi connectivity index (χ2n) is 1.21. The van der Waals surface area contributed by atoms with Crippen LogP contribution in [0.4, 0.5) is 0 Å². The van der Waals surface area contributed by atoms with Crippen LogP contribution in [0.1, 0.15) is 10.7 Å². The number of hydrogen-bond acceptors (Lipinski definition) is 5. The van der Waals surface area contributed by atoms with Gasteiger partial charge in [0.1, 0.15) is 5.97 Å². The zero-order chi connectivity index (χ0) is 6.85. The molecule has 0 saturated heterocycles. The third-order valence-electron chi connectivity index (χ3n) is 0.613. The van der Waals surface area contributed by atoms with Crippen LogP contribution >= 0.6 is 12.2 Å². The van der Waals surface area contributed by atoms with E-state index in [1.165, 1.54) is 0 Å². The fourth-order valence-electron chi connectivity index (χ4n) is 0.317. The molecular weight excluding hydrogens is 183 g/mol. The summed E-state index contributed by atoms with van der Waals surface area (Å²) in [7, 11) is 0. The molecule has 0 aromatic carbocycles. The summed E-state index contributed by atoms with van der Waals surface area (Å²) in [6.07, 6.45) is 0. The van der Waals surface area contributed by atoms with Gasteiger partial charge in [-0.15, -0.1) is 5.10 Å². The zero-order valence-electron chi connectivity index (χ0n) is 5.08. The summed E-state index contributed by atoms with van der Waals surface area (Å²) < 4.78 is 4.33. The van der Waals surface area contributed by atoms with E-state index in [1.807, 2.05) is 0 Å². The molecule has 0 fully saturated rings. The molecule has 1 N–H and O–H groups in total. The van der Waals surface area contributed by atoms with Gasteiger partial charge in [-0.25, -0.2) is 5.10 Å². The van der Waals surface area contributed by atoms with Crippen molar-refractivity contribution in [2.24, 2.45) is 0 Å². The van der Waals surface area contributed by atoms with E-state index in [9.17, 15) is 9.90 Å². The first-order valence-corrected chi connectivity index (χ1v) is 2.38. The molecule has 0 amide bonds. The van der Waals surface area contributed by atoms with E-state index < -0.39 is 11.9 Å². The van der Waals surface area contributed by atoms with E-state index in [0.29, 0.717) is 0 Å². The molecule has 0 aliphatic rings. The van der Waals surface area contributed by atoms with Gasteiger partial charge in [0.25, 0.3) is 10.7 Å². The summed E-state index contributed by atoms with van der Waals surface area (Å²) in [5.74, 6) is -2.01. The van der Waals surface area contributed by atoms with Crippen molar-refractivity contribution in [2.75, 3.05) is 0 Å². The molecule has 1 aromatic heterocycles. The molecule has 48 valence electrons. The van der Waals surface area contributed by atoms with Gasteiger partial charge in [-0.2, -0.15) is 0 Å². The molecule has 7 heteroatoms. The number of nitrogens with zero attached hydrogens (tertiary/aromatic N) is 1. The minimum absolute atomic E-state index is 0. The molecule has 0 bridgehead atoms. The van der Waals surface area contributed by atoms with Gasteiger partial charge in [-0.1, -0.05) is 0 Å². The first-order valence-electron chi connectivity index (χ1n) is 1.97. The molecule has 0 radical (unpaired) electrons. The first-order chi connectivity index (χ1) is 4.20. The normalized spacial score (nSPS) is 8.40. The monoisotopic (exact) mass is 184 g/mol. The molecule has 0 unspecified atom stereocenters. The number of aromatic nitrogens is 2. The molecular formula is C3HKN2O3S. The Labute approximate surface area is 103 Å². The average molecular weight is 184 g/mol. The summed E-state index contributed by atoms with van der Waals surface area (Å²) in [6, 6.07) is 0. The van der Waals surface area contributed by atoms with Crippen LogP contribution < -0.4 is 56.5 Å². The van der Waals surface area contributed by atoms with Gasteiger partial charge < -0.3 is 14.3 Å². The van der Waals surface area contributed by atoms with Crippen LogP contribution in [-0.4, -0.2) is 16.2 Å². The van der Waals surface area contributed by atoms with E-state index in [-0.39, 0.29) is 56.2 Å². The number of carbonyl (C=O) groups excluding carboxylic acids is 1. The van der Waals surface area contributed by atoms with Crippen molar-refractivity contribution in [1.82, 2.24) is 10.2 Å². The first kappa shape index (κ1) is 10.5. The van der Waals surface area contributed by atoms with Crippen molar-refractivity contribution >= 4 is 18.2 Å². The van der Waals surface area contributed by atoms with Crippen LogP contribution in [-0.2, 0) is 0 Å². The number of aromatic amines is 1. The van der Waals surface area contributed by atoms with Crippen molar-refractivity contribution in [2.45, 2.75) is 0 Å².